The maximum Gasteiger partial charge on any atom is 0.0571 e. The van der Waals surface area contributed by atoms with Gasteiger partial charge in [-0.1, -0.05) is 6.92 Å². The lowest BCUT2D eigenvalue weighted by Crippen LogP contribution is -2.31. The summed E-state index contributed by atoms with van der Waals surface area (Å²) in [6, 6.07) is 2.19. The van der Waals surface area contributed by atoms with Crippen LogP contribution in [0.25, 0.3) is 0 Å². The molecule has 0 spiro atoms. The monoisotopic (exact) mass is 262 g/mol. The lowest BCUT2D eigenvalue weighted by molar-refractivity contribution is 0.346. The standard InChI is InChI=1S/C15H26N4/c1-3-6-17-14-11-15(13-16-12-14)18(2)9-10-19-7-4-5-8-19/h11-13,17H,3-10H2,1-2H3. The highest BCUT2D eigenvalue weighted by Crippen LogP contribution is 2.17. The molecule has 1 aromatic heterocycles. The molecule has 2 heterocycles. The van der Waals surface area contributed by atoms with Crippen molar-refractivity contribution in [1.29, 1.82) is 0 Å². The van der Waals surface area contributed by atoms with Crippen molar-refractivity contribution in [3.05, 3.63) is 18.5 Å². The van der Waals surface area contributed by atoms with Gasteiger partial charge in [0.25, 0.3) is 0 Å². The zero-order valence-electron chi connectivity index (χ0n) is 12.2. The minimum Gasteiger partial charge on any atom is -0.384 e. The second-order valence-electron chi connectivity index (χ2n) is 5.33. The van der Waals surface area contributed by atoms with Gasteiger partial charge in [0.2, 0.25) is 0 Å². The minimum atomic E-state index is 1.00. The summed E-state index contributed by atoms with van der Waals surface area (Å²) in [5.41, 5.74) is 2.31. The van der Waals surface area contributed by atoms with Crippen LogP contribution in [-0.2, 0) is 0 Å². The summed E-state index contributed by atoms with van der Waals surface area (Å²) in [5, 5.41) is 3.39. The largest absolute Gasteiger partial charge is 0.384 e. The summed E-state index contributed by atoms with van der Waals surface area (Å²) in [7, 11) is 2.15. The van der Waals surface area contributed by atoms with E-state index in [9.17, 15) is 0 Å². The Balaban J connectivity index is 1.84. The van der Waals surface area contributed by atoms with Gasteiger partial charge in [-0.15, -0.1) is 0 Å². The molecule has 1 aliphatic rings. The van der Waals surface area contributed by atoms with Crippen molar-refractivity contribution < 1.29 is 0 Å². The van der Waals surface area contributed by atoms with E-state index >= 15 is 0 Å². The van der Waals surface area contributed by atoms with E-state index in [4.69, 9.17) is 0 Å². The molecule has 1 aromatic rings. The number of hydrogen-bond acceptors (Lipinski definition) is 4. The third-order valence-corrected chi connectivity index (χ3v) is 3.69. The van der Waals surface area contributed by atoms with Gasteiger partial charge in [-0.05, 0) is 38.4 Å². The molecular formula is C15H26N4. The summed E-state index contributed by atoms with van der Waals surface area (Å²) in [4.78, 5) is 9.16. The van der Waals surface area contributed by atoms with E-state index in [1.54, 1.807) is 0 Å². The topological polar surface area (TPSA) is 31.4 Å². The molecule has 1 N–H and O–H groups in total. The van der Waals surface area contributed by atoms with E-state index in [1.807, 2.05) is 12.4 Å². The average molecular weight is 262 g/mol. The van der Waals surface area contributed by atoms with Crippen LogP contribution in [0.15, 0.2) is 18.5 Å². The number of pyridine rings is 1. The molecule has 4 nitrogen and oxygen atoms in total. The van der Waals surface area contributed by atoms with E-state index in [2.05, 4.69) is 40.1 Å². The molecular weight excluding hydrogens is 236 g/mol. The fraction of sp³-hybridized carbons (Fsp3) is 0.667. The number of aromatic nitrogens is 1. The van der Waals surface area contributed by atoms with Gasteiger partial charge >= 0.3 is 0 Å². The summed E-state index contributed by atoms with van der Waals surface area (Å²) >= 11 is 0. The van der Waals surface area contributed by atoms with Crippen LogP contribution in [0.5, 0.6) is 0 Å². The lowest BCUT2D eigenvalue weighted by atomic mass is 10.3. The fourth-order valence-corrected chi connectivity index (χ4v) is 2.43. The van der Waals surface area contributed by atoms with Gasteiger partial charge in [-0.3, -0.25) is 4.98 Å². The first-order chi connectivity index (χ1) is 9.29. The van der Waals surface area contributed by atoms with Crippen LogP contribution in [0.4, 0.5) is 11.4 Å². The van der Waals surface area contributed by atoms with Gasteiger partial charge in [0.1, 0.15) is 0 Å². The first-order valence-corrected chi connectivity index (χ1v) is 7.42. The quantitative estimate of drug-likeness (QED) is 0.818. The molecule has 0 bridgehead atoms. The third kappa shape index (κ3) is 4.39. The highest BCUT2D eigenvalue weighted by Gasteiger charge is 2.12. The van der Waals surface area contributed by atoms with Crippen molar-refractivity contribution >= 4 is 11.4 Å². The summed E-state index contributed by atoms with van der Waals surface area (Å²) in [6.07, 6.45) is 7.70. The highest BCUT2D eigenvalue weighted by atomic mass is 15.2. The van der Waals surface area contributed by atoms with Crippen molar-refractivity contribution in [1.82, 2.24) is 9.88 Å². The Bertz CT molecular complexity index is 374. The van der Waals surface area contributed by atoms with Gasteiger partial charge in [-0.25, -0.2) is 0 Å². The van der Waals surface area contributed by atoms with Crippen molar-refractivity contribution in [2.24, 2.45) is 0 Å². The number of anilines is 2. The molecule has 1 fully saturated rings. The number of hydrogen-bond donors (Lipinski definition) is 1. The van der Waals surface area contributed by atoms with E-state index in [1.165, 1.54) is 31.6 Å². The van der Waals surface area contributed by atoms with E-state index in [0.29, 0.717) is 0 Å². The highest BCUT2D eigenvalue weighted by molar-refractivity contribution is 5.55. The van der Waals surface area contributed by atoms with Crippen LogP contribution in [0.3, 0.4) is 0 Å². The molecule has 1 saturated heterocycles. The summed E-state index contributed by atoms with van der Waals surface area (Å²) in [6.45, 7) is 7.94. The maximum atomic E-state index is 4.32. The number of nitrogens with one attached hydrogen (secondary N) is 1. The lowest BCUT2D eigenvalue weighted by Gasteiger charge is -2.23. The molecule has 0 unspecified atom stereocenters. The van der Waals surface area contributed by atoms with Gasteiger partial charge in [-0.2, -0.15) is 0 Å². The smallest absolute Gasteiger partial charge is 0.0571 e. The number of rotatable bonds is 7. The molecule has 0 atom stereocenters. The molecule has 19 heavy (non-hydrogen) atoms. The van der Waals surface area contributed by atoms with Crippen LogP contribution >= 0.6 is 0 Å². The van der Waals surface area contributed by atoms with Gasteiger partial charge < -0.3 is 15.1 Å². The van der Waals surface area contributed by atoms with E-state index in [-0.39, 0.29) is 0 Å². The van der Waals surface area contributed by atoms with Crippen molar-refractivity contribution in [2.45, 2.75) is 26.2 Å². The van der Waals surface area contributed by atoms with Gasteiger partial charge in [0.15, 0.2) is 0 Å². The van der Waals surface area contributed by atoms with Crippen molar-refractivity contribution in [3.63, 3.8) is 0 Å². The minimum absolute atomic E-state index is 1.00. The number of likely N-dealkylation sites (tertiary alicyclic amines) is 1. The van der Waals surface area contributed by atoms with Gasteiger partial charge in [0.05, 0.1) is 23.8 Å². The Morgan fingerprint density at radius 2 is 2.11 bits per heavy atom. The van der Waals surface area contributed by atoms with Crippen molar-refractivity contribution in [3.8, 4) is 0 Å². The first kappa shape index (κ1) is 14.1. The fourth-order valence-electron chi connectivity index (χ4n) is 2.43. The SMILES string of the molecule is CCCNc1cncc(N(C)CCN2CCCC2)c1. The predicted molar refractivity (Wildman–Crippen MR) is 82.0 cm³/mol. The number of likely N-dealkylation sites (N-methyl/N-ethyl adjacent to an activating group) is 1. The third-order valence-electron chi connectivity index (χ3n) is 3.69. The zero-order valence-corrected chi connectivity index (χ0v) is 12.2. The normalized spacial score (nSPS) is 15.7. The van der Waals surface area contributed by atoms with Crippen LogP contribution in [0, 0.1) is 0 Å². The Kier molecular flexibility index (Phi) is 5.45. The predicted octanol–water partition coefficient (Wildman–Crippen LogP) is 2.44. The molecule has 2 rings (SSSR count). The Labute approximate surface area is 116 Å². The van der Waals surface area contributed by atoms with Gasteiger partial charge in [0, 0.05) is 26.7 Å². The second kappa shape index (κ2) is 7.34. The molecule has 4 heteroatoms. The van der Waals surface area contributed by atoms with Crippen LogP contribution in [-0.4, -0.2) is 49.7 Å². The molecule has 0 radical (unpaired) electrons. The van der Waals surface area contributed by atoms with Crippen molar-refractivity contribution in [2.75, 3.05) is 50.0 Å². The summed E-state index contributed by atoms with van der Waals surface area (Å²) < 4.78 is 0. The van der Waals surface area contributed by atoms with Crippen LogP contribution < -0.4 is 10.2 Å². The molecule has 0 amide bonds. The van der Waals surface area contributed by atoms with Crippen LogP contribution in [0.1, 0.15) is 26.2 Å². The summed E-state index contributed by atoms with van der Waals surface area (Å²) in [5.74, 6) is 0. The molecule has 0 saturated carbocycles. The Morgan fingerprint density at radius 3 is 2.84 bits per heavy atom. The zero-order chi connectivity index (χ0) is 13.5. The van der Waals surface area contributed by atoms with Crippen LogP contribution in [0.2, 0.25) is 0 Å². The molecule has 1 aliphatic heterocycles. The second-order valence-corrected chi connectivity index (χ2v) is 5.33. The first-order valence-electron chi connectivity index (χ1n) is 7.42. The molecule has 0 aliphatic carbocycles. The molecule has 106 valence electrons. The Hall–Kier alpha value is -1.29. The van der Waals surface area contributed by atoms with E-state index < -0.39 is 0 Å². The number of nitrogens with zero attached hydrogens (tertiary/aromatic N) is 3. The van der Waals surface area contributed by atoms with E-state index in [0.717, 1.165) is 31.7 Å². The molecule has 0 aromatic carbocycles. The maximum absolute atomic E-state index is 4.32. The Morgan fingerprint density at radius 1 is 1.32 bits per heavy atom. The average Bonchev–Trinajstić information content (AvgIpc) is 2.96.